The summed E-state index contributed by atoms with van der Waals surface area (Å²) in [5, 5.41) is 15.5. The molecular weight excluding hydrogens is 276 g/mol. The number of carboxylic acid groups (broad SMARTS) is 1. The van der Waals surface area contributed by atoms with Crippen LogP contribution in [0.5, 0.6) is 0 Å². The van der Waals surface area contributed by atoms with E-state index >= 15 is 0 Å². The molecule has 21 heavy (non-hydrogen) atoms. The SMILES string of the molecule is CCC(CCNc1nn(C)c(=O)n(C)c1=O)CCC(=O)O. The molecule has 0 fully saturated rings. The van der Waals surface area contributed by atoms with Crippen LogP contribution in [0.1, 0.15) is 32.6 Å². The molecule has 0 bridgehead atoms. The van der Waals surface area contributed by atoms with Gasteiger partial charge in [0.25, 0.3) is 5.56 Å². The molecule has 8 nitrogen and oxygen atoms in total. The Kier molecular flexibility index (Phi) is 6.13. The molecule has 1 aromatic heterocycles. The number of aromatic nitrogens is 3. The minimum Gasteiger partial charge on any atom is -0.481 e. The maximum Gasteiger partial charge on any atom is 0.346 e. The van der Waals surface area contributed by atoms with Gasteiger partial charge in [-0.2, -0.15) is 0 Å². The lowest BCUT2D eigenvalue weighted by Gasteiger charge is -2.14. The number of hydrogen-bond acceptors (Lipinski definition) is 5. The number of nitrogens with one attached hydrogen (secondary N) is 1. The summed E-state index contributed by atoms with van der Waals surface area (Å²) in [4.78, 5) is 33.9. The van der Waals surface area contributed by atoms with E-state index in [0.29, 0.717) is 13.0 Å². The van der Waals surface area contributed by atoms with Crippen LogP contribution in [0, 0.1) is 5.92 Å². The van der Waals surface area contributed by atoms with E-state index in [0.717, 1.165) is 22.1 Å². The van der Waals surface area contributed by atoms with Crippen molar-refractivity contribution in [3.63, 3.8) is 0 Å². The van der Waals surface area contributed by atoms with E-state index in [4.69, 9.17) is 5.11 Å². The van der Waals surface area contributed by atoms with Crippen molar-refractivity contribution in [2.24, 2.45) is 20.0 Å². The van der Waals surface area contributed by atoms with Crippen LogP contribution in [0.3, 0.4) is 0 Å². The monoisotopic (exact) mass is 298 g/mol. The summed E-state index contributed by atoms with van der Waals surface area (Å²) < 4.78 is 2.10. The first-order valence-electron chi connectivity index (χ1n) is 6.96. The second-order valence-corrected chi connectivity index (χ2v) is 5.04. The highest BCUT2D eigenvalue weighted by Gasteiger charge is 2.11. The molecule has 0 radical (unpaired) electrons. The van der Waals surface area contributed by atoms with E-state index in [1.54, 1.807) is 0 Å². The second-order valence-electron chi connectivity index (χ2n) is 5.04. The van der Waals surface area contributed by atoms with Crippen LogP contribution in [0.4, 0.5) is 5.82 Å². The summed E-state index contributed by atoms with van der Waals surface area (Å²) in [6.45, 7) is 2.52. The molecule has 1 atom stereocenters. The van der Waals surface area contributed by atoms with E-state index in [2.05, 4.69) is 10.4 Å². The fraction of sp³-hybridized carbons (Fsp3) is 0.692. The van der Waals surface area contributed by atoms with Gasteiger partial charge in [-0.1, -0.05) is 13.3 Å². The van der Waals surface area contributed by atoms with Crippen molar-refractivity contribution in [2.45, 2.75) is 32.6 Å². The van der Waals surface area contributed by atoms with Crippen LogP contribution in [0.2, 0.25) is 0 Å². The fourth-order valence-corrected chi connectivity index (χ4v) is 2.08. The van der Waals surface area contributed by atoms with Gasteiger partial charge in [-0.3, -0.25) is 14.2 Å². The Morgan fingerprint density at radius 2 is 2.00 bits per heavy atom. The lowest BCUT2D eigenvalue weighted by molar-refractivity contribution is -0.137. The number of aryl methyl sites for hydroxylation is 1. The molecule has 0 aromatic carbocycles. The van der Waals surface area contributed by atoms with E-state index in [1.807, 2.05) is 6.92 Å². The van der Waals surface area contributed by atoms with Crippen molar-refractivity contribution in [2.75, 3.05) is 11.9 Å². The third kappa shape index (κ3) is 4.73. The topological polar surface area (TPSA) is 106 Å². The van der Waals surface area contributed by atoms with Gasteiger partial charge >= 0.3 is 11.7 Å². The van der Waals surface area contributed by atoms with Crippen molar-refractivity contribution in [3.8, 4) is 0 Å². The van der Waals surface area contributed by atoms with Gasteiger partial charge in [0.15, 0.2) is 0 Å². The van der Waals surface area contributed by atoms with E-state index < -0.39 is 17.2 Å². The number of anilines is 1. The molecular formula is C13H22N4O4. The number of carbonyl (C=O) groups is 1. The van der Waals surface area contributed by atoms with Crippen LogP contribution in [0.15, 0.2) is 9.59 Å². The van der Waals surface area contributed by atoms with E-state index in [-0.39, 0.29) is 18.2 Å². The standard InChI is InChI=1S/C13H22N4O4/c1-4-9(5-6-10(18)19)7-8-14-11-12(20)16(2)13(21)17(3)15-11/h9H,4-8H2,1-3H3,(H,14,15)(H,18,19). The largest absolute Gasteiger partial charge is 0.481 e. The molecule has 118 valence electrons. The smallest absolute Gasteiger partial charge is 0.346 e. The molecule has 8 heteroatoms. The number of hydrogen-bond donors (Lipinski definition) is 2. The van der Waals surface area contributed by atoms with Crippen molar-refractivity contribution < 1.29 is 9.90 Å². The molecule has 1 rings (SSSR count). The minimum absolute atomic E-state index is 0.132. The molecule has 0 aliphatic rings. The number of aliphatic carboxylic acids is 1. The Morgan fingerprint density at radius 1 is 1.33 bits per heavy atom. The summed E-state index contributed by atoms with van der Waals surface area (Å²) in [6, 6.07) is 0. The fourth-order valence-electron chi connectivity index (χ4n) is 2.08. The molecule has 0 aliphatic carbocycles. The molecule has 0 amide bonds. The van der Waals surface area contributed by atoms with Gasteiger partial charge in [-0.25, -0.2) is 9.48 Å². The van der Waals surface area contributed by atoms with E-state index in [1.165, 1.54) is 14.1 Å². The first kappa shape index (κ1) is 16.9. The van der Waals surface area contributed by atoms with Gasteiger partial charge in [-0.15, -0.1) is 5.10 Å². The molecule has 0 aliphatic heterocycles. The highest BCUT2D eigenvalue weighted by atomic mass is 16.4. The van der Waals surface area contributed by atoms with Crippen molar-refractivity contribution in [1.29, 1.82) is 0 Å². The van der Waals surface area contributed by atoms with Crippen LogP contribution < -0.4 is 16.6 Å². The number of rotatable bonds is 8. The highest BCUT2D eigenvalue weighted by Crippen LogP contribution is 2.15. The third-order valence-electron chi connectivity index (χ3n) is 3.51. The van der Waals surface area contributed by atoms with E-state index in [9.17, 15) is 14.4 Å². The van der Waals surface area contributed by atoms with Gasteiger partial charge in [-0.05, 0) is 18.8 Å². The van der Waals surface area contributed by atoms with Gasteiger partial charge in [0.1, 0.15) is 0 Å². The van der Waals surface area contributed by atoms with Gasteiger partial charge in [0.05, 0.1) is 0 Å². The van der Waals surface area contributed by atoms with Crippen molar-refractivity contribution in [1.82, 2.24) is 14.3 Å². The Hall–Kier alpha value is -2.12. The first-order valence-corrected chi connectivity index (χ1v) is 6.96. The summed E-state index contributed by atoms with van der Waals surface area (Å²) in [5.41, 5.74) is -0.935. The quantitative estimate of drug-likeness (QED) is 0.708. The molecule has 1 unspecified atom stereocenters. The molecule has 1 heterocycles. The summed E-state index contributed by atoms with van der Waals surface area (Å²) in [7, 11) is 2.88. The lowest BCUT2D eigenvalue weighted by Crippen LogP contribution is -2.40. The summed E-state index contributed by atoms with van der Waals surface area (Å²) >= 11 is 0. The number of carboxylic acids is 1. The molecule has 2 N–H and O–H groups in total. The molecule has 0 saturated carbocycles. The first-order chi connectivity index (χ1) is 9.86. The van der Waals surface area contributed by atoms with Crippen molar-refractivity contribution in [3.05, 3.63) is 20.8 Å². The zero-order chi connectivity index (χ0) is 16.0. The second kappa shape index (κ2) is 7.61. The Balaban J connectivity index is 2.62. The summed E-state index contributed by atoms with van der Waals surface area (Å²) in [5.74, 6) is -0.382. The van der Waals surface area contributed by atoms with Crippen molar-refractivity contribution >= 4 is 11.8 Å². The van der Waals surface area contributed by atoms with Crippen LogP contribution >= 0.6 is 0 Å². The normalized spacial score (nSPS) is 12.1. The third-order valence-corrected chi connectivity index (χ3v) is 3.51. The summed E-state index contributed by atoms with van der Waals surface area (Å²) in [6.07, 6.45) is 2.40. The van der Waals surface area contributed by atoms with Gasteiger partial charge < -0.3 is 10.4 Å². The molecule has 0 spiro atoms. The Morgan fingerprint density at radius 3 is 2.57 bits per heavy atom. The average Bonchev–Trinajstić information content (AvgIpc) is 2.45. The molecule has 0 saturated heterocycles. The molecule has 1 aromatic rings. The predicted octanol–water partition coefficient (Wildman–Crippen LogP) is 0.172. The minimum atomic E-state index is -0.796. The Bertz CT molecular complexity index is 605. The average molecular weight is 298 g/mol. The zero-order valence-corrected chi connectivity index (χ0v) is 12.6. The van der Waals surface area contributed by atoms with Crippen LogP contribution in [-0.2, 0) is 18.9 Å². The number of nitrogens with zero attached hydrogens (tertiary/aromatic N) is 3. The predicted molar refractivity (Wildman–Crippen MR) is 78.5 cm³/mol. The zero-order valence-electron chi connectivity index (χ0n) is 12.6. The Labute approximate surface area is 122 Å². The van der Waals surface area contributed by atoms with Crippen LogP contribution in [-0.4, -0.2) is 32.0 Å². The van der Waals surface area contributed by atoms with Gasteiger partial charge in [0.2, 0.25) is 5.82 Å². The maximum atomic E-state index is 11.8. The van der Waals surface area contributed by atoms with Crippen LogP contribution in [0.25, 0.3) is 0 Å². The maximum absolute atomic E-state index is 11.8. The highest BCUT2D eigenvalue weighted by molar-refractivity contribution is 5.66. The van der Waals surface area contributed by atoms with Gasteiger partial charge in [0, 0.05) is 27.1 Å². The lowest BCUT2D eigenvalue weighted by atomic mass is 9.97.